The summed E-state index contributed by atoms with van der Waals surface area (Å²) in [7, 11) is 0. The van der Waals surface area contributed by atoms with Crippen molar-refractivity contribution >= 4 is 5.97 Å². The fourth-order valence-corrected chi connectivity index (χ4v) is 0.971. The number of ether oxygens (including phenoxy) is 1. The Balaban J connectivity index is 3.82. The van der Waals surface area contributed by atoms with Crippen LogP contribution in [-0.2, 0) is 9.53 Å². The minimum absolute atomic E-state index is 0.109. The number of carbonyl (C=O) groups is 1. The van der Waals surface area contributed by atoms with Crippen molar-refractivity contribution in [2.45, 2.75) is 37.6 Å². The summed E-state index contributed by atoms with van der Waals surface area (Å²) >= 11 is 0. The first-order valence-corrected chi connectivity index (χ1v) is 4.63. The van der Waals surface area contributed by atoms with E-state index in [-0.39, 0.29) is 25.7 Å². The molecular weight excluding hydrogens is 220 g/mol. The molecule has 0 spiro atoms. The Morgan fingerprint density at radius 1 is 1.12 bits per heavy atom. The second kappa shape index (κ2) is 5.92. The second-order valence-electron chi connectivity index (χ2n) is 3.35. The van der Waals surface area contributed by atoms with Gasteiger partial charge in [0.25, 0.3) is 5.97 Å². The highest BCUT2D eigenvalue weighted by molar-refractivity contribution is 5.81. The number of hydrogen-bond acceptors (Lipinski definition) is 7. The van der Waals surface area contributed by atoms with E-state index < -0.39 is 17.9 Å². The van der Waals surface area contributed by atoms with Gasteiger partial charge in [-0.2, -0.15) is 0 Å². The molecule has 0 atom stereocenters. The average Bonchev–Trinajstić information content (AvgIpc) is 2.10. The molecule has 94 valence electrons. The van der Waals surface area contributed by atoms with Gasteiger partial charge in [0.2, 0.25) is 0 Å². The summed E-state index contributed by atoms with van der Waals surface area (Å²) in [5, 5.41) is 43.8. The number of esters is 1. The fourth-order valence-electron chi connectivity index (χ4n) is 0.971. The lowest BCUT2D eigenvalue weighted by Gasteiger charge is -2.21. The Labute approximate surface area is 92.2 Å². The summed E-state index contributed by atoms with van der Waals surface area (Å²) in [4.78, 5) is 10.6. The molecule has 0 heterocycles. The maximum Gasteiger partial charge on any atom is 0.334 e. The molecule has 5 N–H and O–H groups in total. The quantitative estimate of drug-likeness (QED) is 0.158. The maximum absolute atomic E-state index is 10.6. The first kappa shape index (κ1) is 15.0. The molecule has 0 bridgehead atoms. The molecule has 0 aromatic carbocycles. The zero-order valence-electron chi connectivity index (χ0n) is 8.67. The largest absolute Gasteiger partial charge is 0.405 e. The van der Waals surface area contributed by atoms with Crippen LogP contribution in [0.5, 0.6) is 0 Å². The van der Waals surface area contributed by atoms with E-state index in [0.29, 0.717) is 0 Å². The number of unbranched alkanes of at least 4 members (excludes halogenated alkanes) is 1. The summed E-state index contributed by atoms with van der Waals surface area (Å²) in [6.07, 6.45) is 0.335. The van der Waals surface area contributed by atoms with Gasteiger partial charge in [-0.1, -0.05) is 6.58 Å². The van der Waals surface area contributed by atoms with Crippen LogP contribution in [0.15, 0.2) is 12.7 Å². The molecule has 0 radical (unpaired) electrons. The SMILES string of the molecule is C=CC(=O)OC(O)(O)CCCCC(O)(O)O. The van der Waals surface area contributed by atoms with Crippen LogP contribution in [0.1, 0.15) is 25.7 Å². The van der Waals surface area contributed by atoms with Crippen molar-refractivity contribution in [1.29, 1.82) is 0 Å². The predicted octanol–water partition coefficient (Wildman–Crippen LogP) is -1.45. The molecule has 0 fully saturated rings. The number of carbonyl (C=O) groups excluding carboxylic acids is 1. The summed E-state index contributed by atoms with van der Waals surface area (Å²) in [6, 6.07) is 0. The molecule has 0 aromatic rings. The van der Waals surface area contributed by atoms with E-state index in [0.717, 1.165) is 6.08 Å². The molecule has 0 aliphatic carbocycles. The third-order valence-corrected chi connectivity index (χ3v) is 1.70. The topological polar surface area (TPSA) is 127 Å². The van der Waals surface area contributed by atoms with Crippen molar-refractivity contribution in [3.05, 3.63) is 12.7 Å². The molecule has 0 amide bonds. The van der Waals surface area contributed by atoms with Gasteiger partial charge < -0.3 is 30.3 Å². The summed E-state index contributed by atoms with van der Waals surface area (Å²) in [6.45, 7) is 3.08. The lowest BCUT2D eigenvalue weighted by Crippen LogP contribution is -2.34. The van der Waals surface area contributed by atoms with Gasteiger partial charge in [0.15, 0.2) is 0 Å². The lowest BCUT2D eigenvalue weighted by molar-refractivity contribution is -0.325. The van der Waals surface area contributed by atoms with Crippen molar-refractivity contribution < 1.29 is 35.1 Å². The van der Waals surface area contributed by atoms with Crippen molar-refractivity contribution in [2.75, 3.05) is 0 Å². The van der Waals surface area contributed by atoms with Gasteiger partial charge in [-0.15, -0.1) is 0 Å². The minimum atomic E-state index is -2.77. The van der Waals surface area contributed by atoms with Gasteiger partial charge >= 0.3 is 11.9 Å². The van der Waals surface area contributed by atoms with Crippen LogP contribution in [0.4, 0.5) is 0 Å². The van der Waals surface area contributed by atoms with Crippen molar-refractivity contribution in [1.82, 2.24) is 0 Å². The normalized spacial score (nSPS) is 12.3. The van der Waals surface area contributed by atoms with E-state index in [1.165, 1.54) is 0 Å². The van der Waals surface area contributed by atoms with Gasteiger partial charge in [-0.3, -0.25) is 0 Å². The molecule has 7 heteroatoms. The highest BCUT2D eigenvalue weighted by Gasteiger charge is 2.27. The van der Waals surface area contributed by atoms with Crippen molar-refractivity contribution in [3.63, 3.8) is 0 Å². The molecule has 0 saturated heterocycles. The van der Waals surface area contributed by atoms with Crippen molar-refractivity contribution in [3.8, 4) is 0 Å². The van der Waals surface area contributed by atoms with Gasteiger partial charge in [-0.25, -0.2) is 4.79 Å². The molecule has 0 saturated carbocycles. The fraction of sp³-hybridized carbons (Fsp3) is 0.667. The number of rotatable bonds is 7. The van der Waals surface area contributed by atoms with Crippen LogP contribution in [0, 0.1) is 0 Å². The maximum atomic E-state index is 10.6. The van der Waals surface area contributed by atoms with Crippen LogP contribution >= 0.6 is 0 Å². The highest BCUT2D eigenvalue weighted by atomic mass is 16.8. The Bertz CT molecular complexity index is 241. The van der Waals surface area contributed by atoms with Crippen LogP contribution < -0.4 is 0 Å². The van der Waals surface area contributed by atoms with Crippen LogP contribution in [0.3, 0.4) is 0 Å². The highest BCUT2D eigenvalue weighted by Crippen LogP contribution is 2.16. The number of hydrogen-bond donors (Lipinski definition) is 5. The van der Waals surface area contributed by atoms with E-state index in [2.05, 4.69) is 11.3 Å². The van der Waals surface area contributed by atoms with E-state index in [1.807, 2.05) is 0 Å². The van der Waals surface area contributed by atoms with Crippen LogP contribution in [0.2, 0.25) is 0 Å². The predicted molar refractivity (Wildman–Crippen MR) is 51.3 cm³/mol. The molecule has 0 unspecified atom stereocenters. The monoisotopic (exact) mass is 236 g/mol. The van der Waals surface area contributed by atoms with E-state index in [1.54, 1.807) is 0 Å². The van der Waals surface area contributed by atoms with Gasteiger partial charge in [0, 0.05) is 18.9 Å². The standard InChI is InChI=1S/C9H16O7/c1-2-7(10)16-9(14,15)6-4-3-5-8(11,12)13/h2,11-15H,1,3-6H2. The first-order valence-electron chi connectivity index (χ1n) is 4.63. The third kappa shape index (κ3) is 8.33. The zero-order chi connectivity index (χ0) is 12.8. The van der Waals surface area contributed by atoms with Gasteiger partial charge in [0.1, 0.15) is 0 Å². The molecule has 0 rings (SSSR count). The van der Waals surface area contributed by atoms with E-state index >= 15 is 0 Å². The molecule has 7 nitrogen and oxygen atoms in total. The Morgan fingerprint density at radius 3 is 2.06 bits per heavy atom. The van der Waals surface area contributed by atoms with Crippen molar-refractivity contribution in [2.24, 2.45) is 0 Å². The zero-order valence-corrected chi connectivity index (χ0v) is 8.67. The van der Waals surface area contributed by atoms with E-state index in [9.17, 15) is 4.79 Å². The molecular formula is C9H16O7. The lowest BCUT2D eigenvalue weighted by atomic mass is 10.1. The van der Waals surface area contributed by atoms with Crippen LogP contribution in [-0.4, -0.2) is 43.4 Å². The second-order valence-corrected chi connectivity index (χ2v) is 3.35. The van der Waals surface area contributed by atoms with E-state index in [4.69, 9.17) is 25.5 Å². The Morgan fingerprint density at radius 2 is 1.62 bits per heavy atom. The van der Waals surface area contributed by atoms with Crippen LogP contribution in [0.25, 0.3) is 0 Å². The smallest absolute Gasteiger partial charge is 0.334 e. The van der Waals surface area contributed by atoms with Gasteiger partial charge in [-0.05, 0) is 12.8 Å². The Kier molecular flexibility index (Phi) is 5.56. The summed E-state index contributed by atoms with van der Waals surface area (Å²) < 4.78 is 4.19. The average molecular weight is 236 g/mol. The molecule has 0 aromatic heterocycles. The molecule has 16 heavy (non-hydrogen) atoms. The Hall–Kier alpha value is -0.990. The first-order chi connectivity index (χ1) is 7.16. The summed E-state index contributed by atoms with van der Waals surface area (Å²) in [5.41, 5.74) is 0. The van der Waals surface area contributed by atoms with Gasteiger partial charge in [0.05, 0.1) is 0 Å². The minimum Gasteiger partial charge on any atom is -0.405 e. The third-order valence-electron chi connectivity index (χ3n) is 1.70. The summed E-state index contributed by atoms with van der Waals surface area (Å²) in [5.74, 6) is -6.37. The number of aliphatic hydroxyl groups is 5. The molecule has 0 aliphatic rings. The molecule has 0 aliphatic heterocycles.